The molecule has 1 amide bonds. The van der Waals surface area contributed by atoms with E-state index in [4.69, 9.17) is 9.47 Å². The zero-order valence-electron chi connectivity index (χ0n) is 12.3. The molecule has 21 heavy (non-hydrogen) atoms. The minimum Gasteiger partial charge on any atom is -0.490 e. The zero-order valence-corrected chi connectivity index (χ0v) is 12.3. The van der Waals surface area contributed by atoms with Crippen molar-refractivity contribution < 1.29 is 14.3 Å². The van der Waals surface area contributed by atoms with Crippen LogP contribution in [0.1, 0.15) is 6.92 Å². The van der Waals surface area contributed by atoms with Gasteiger partial charge in [0.1, 0.15) is 0 Å². The molecule has 0 aliphatic rings. The standard InChI is InChI=1S/C17H19NO3/c1-3-20-15-11-7-8-12-16(15)21-13-17(19)18(2)14-9-5-4-6-10-14/h4-12H,3,13H2,1-2H3. The lowest BCUT2D eigenvalue weighted by Crippen LogP contribution is -2.31. The monoisotopic (exact) mass is 285 g/mol. The van der Waals surface area contributed by atoms with Crippen molar-refractivity contribution >= 4 is 11.6 Å². The average molecular weight is 285 g/mol. The van der Waals surface area contributed by atoms with Crippen LogP contribution in [0.3, 0.4) is 0 Å². The summed E-state index contributed by atoms with van der Waals surface area (Å²) < 4.78 is 11.0. The Hall–Kier alpha value is -2.49. The first-order valence-corrected chi connectivity index (χ1v) is 6.88. The van der Waals surface area contributed by atoms with Crippen molar-refractivity contribution in [3.05, 3.63) is 54.6 Å². The molecular formula is C17H19NO3. The highest BCUT2D eigenvalue weighted by molar-refractivity contribution is 5.93. The lowest BCUT2D eigenvalue weighted by Gasteiger charge is -2.18. The fourth-order valence-electron chi connectivity index (χ4n) is 1.88. The van der Waals surface area contributed by atoms with Crippen molar-refractivity contribution in [1.29, 1.82) is 0 Å². The van der Waals surface area contributed by atoms with E-state index in [2.05, 4.69) is 0 Å². The van der Waals surface area contributed by atoms with Gasteiger partial charge in [-0.05, 0) is 31.2 Å². The summed E-state index contributed by atoms with van der Waals surface area (Å²) in [4.78, 5) is 13.7. The van der Waals surface area contributed by atoms with Crippen LogP contribution in [-0.4, -0.2) is 26.2 Å². The third-order valence-corrected chi connectivity index (χ3v) is 3.02. The van der Waals surface area contributed by atoms with Crippen molar-refractivity contribution in [3.8, 4) is 11.5 Å². The van der Waals surface area contributed by atoms with Gasteiger partial charge in [0, 0.05) is 12.7 Å². The number of amides is 1. The molecule has 0 aromatic heterocycles. The minimum atomic E-state index is -0.118. The molecule has 110 valence electrons. The molecule has 0 bridgehead atoms. The number of benzene rings is 2. The fraction of sp³-hybridized carbons (Fsp3) is 0.235. The summed E-state index contributed by atoms with van der Waals surface area (Å²) in [6, 6.07) is 16.8. The van der Waals surface area contributed by atoms with Gasteiger partial charge < -0.3 is 14.4 Å². The third-order valence-electron chi connectivity index (χ3n) is 3.02. The number of rotatable bonds is 6. The molecule has 0 unspecified atom stereocenters. The topological polar surface area (TPSA) is 38.8 Å². The number of nitrogens with zero attached hydrogens (tertiary/aromatic N) is 1. The molecule has 0 N–H and O–H groups in total. The first-order valence-electron chi connectivity index (χ1n) is 6.88. The van der Waals surface area contributed by atoms with Gasteiger partial charge in [-0.3, -0.25) is 4.79 Å². The smallest absolute Gasteiger partial charge is 0.264 e. The van der Waals surface area contributed by atoms with Gasteiger partial charge in [-0.15, -0.1) is 0 Å². The highest BCUT2D eigenvalue weighted by Crippen LogP contribution is 2.26. The normalized spacial score (nSPS) is 10.0. The van der Waals surface area contributed by atoms with Crippen LogP contribution in [0.15, 0.2) is 54.6 Å². The summed E-state index contributed by atoms with van der Waals surface area (Å²) in [5.41, 5.74) is 0.837. The summed E-state index contributed by atoms with van der Waals surface area (Å²) in [5.74, 6) is 1.11. The molecule has 4 heteroatoms. The molecule has 0 saturated heterocycles. The predicted octanol–water partition coefficient (Wildman–Crippen LogP) is 3.13. The number of para-hydroxylation sites is 3. The van der Waals surface area contributed by atoms with Crippen LogP contribution >= 0.6 is 0 Å². The second-order valence-corrected chi connectivity index (χ2v) is 4.46. The summed E-state index contributed by atoms with van der Waals surface area (Å²) in [6.07, 6.45) is 0. The average Bonchev–Trinajstić information content (AvgIpc) is 2.54. The Morgan fingerprint density at radius 2 is 1.52 bits per heavy atom. The van der Waals surface area contributed by atoms with Crippen LogP contribution in [0.4, 0.5) is 5.69 Å². The Balaban J connectivity index is 1.98. The Bertz CT molecular complexity index is 584. The first-order chi connectivity index (χ1) is 10.2. The molecule has 0 heterocycles. The molecule has 0 aliphatic heterocycles. The SMILES string of the molecule is CCOc1ccccc1OCC(=O)N(C)c1ccccc1. The fourth-order valence-corrected chi connectivity index (χ4v) is 1.88. The predicted molar refractivity (Wildman–Crippen MR) is 83.0 cm³/mol. The van der Waals surface area contributed by atoms with Gasteiger partial charge in [0.15, 0.2) is 18.1 Å². The molecule has 2 rings (SSSR count). The highest BCUT2D eigenvalue weighted by Gasteiger charge is 2.12. The van der Waals surface area contributed by atoms with Gasteiger partial charge >= 0.3 is 0 Å². The Labute approximate surface area is 124 Å². The second-order valence-electron chi connectivity index (χ2n) is 4.46. The van der Waals surface area contributed by atoms with Crippen LogP contribution in [0, 0.1) is 0 Å². The molecule has 2 aromatic carbocycles. The van der Waals surface area contributed by atoms with E-state index in [0.717, 1.165) is 5.69 Å². The van der Waals surface area contributed by atoms with Gasteiger partial charge in [0.25, 0.3) is 5.91 Å². The summed E-state index contributed by atoms with van der Waals surface area (Å²) in [5, 5.41) is 0. The van der Waals surface area contributed by atoms with Crippen molar-refractivity contribution in [1.82, 2.24) is 0 Å². The van der Waals surface area contributed by atoms with Crippen LogP contribution in [0.2, 0.25) is 0 Å². The maximum atomic E-state index is 12.1. The number of hydrogen-bond acceptors (Lipinski definition) is 3. The molecule has 4 nitrogen and oxygen atoms in total. The van der Waals surface area contributed by atoms with Crippen molar-refractivity contribution in [2.24, 2.45) is 0 Å². The molecule has 0 radical (unpaired) electrons. The quantitative estimate of drug-likeness (QED) is 0.818. The zero-order chi connectivity index (χ0) is 15.1. The van der Waals surface area contributed by atoms with Gasteiger partial charge in [-0.1, -0.05) is 30.3 Å². The summed E-state index contributed by atoms with van der Waals surface area (Å²) in [6.45, 7) is 2.43. The Morgan fingerprint density at radius 3 is 2.14 bits per heavy atom. The van der Waals surface area contributed by atoms with Crippen LogP contribution in [0.25, 0.3) is 0 Å². The van der Waals surface area contributed by atoms with Crippen molar-refractivity contribution in [2.45, 2.75) is 6.92 Å². The number of carbonyl (C=O) groups is 1. The van der Waals surface area contributed by atoms with E-state index in [1.54, 1.807) is 18.0 Å². The number of carbonyl (C=O) groups excluding carboxylic acids is 1. The minimum absolute atomic E-state index is 0.0323. The number of anilines is 1. The second kappa shape index (κ2) is 7.33. The van der Waals surface area contributed by atoms with Gasteiger partial charge in [0.2, 0.25) is 0 Å². The van der Waals surface area contributed by atoms with Crippen LogP contribution < -0.4 is 14.4 Å². The lowest BCUT2D eigenvalue weighted by molar-refractivity contribution is -0.120. The molecule has 0 aliphatic carbocycles. The van der Waals surface area contributed by atoms with E-state index in [0.29, 0.717) is 18.1 Å². The van der Waals surface area contributed by atoms with E-state index in [1.807, 2.05) is 55.5 Å². The largest absolute Gasteiger partial charge is 0.490 e. The van der Waals surface area contributed by atoms with Crippen molar-refractivity contribution in [2.75, 3.05) is 25.2 Å². The molecule has 0 spiro atoms. The third kappa shape index (κ3) is 3.99. The number of hydrogen-bond donors (Lipinski definition) is 0. The van der Waals surface area contributed by atoms with Gasteiger partial charge in [0.05, 0.1) is 6.61 Å². The van der Waals surface area contributed by atoms with E-state index < -0.39 is 0 Å². The number of likely N-dealkylation sites (N-methyl/N-ethyl adjacent to an activating group) is 1. The Kier molecular flexibility index (Phi) is 5.21. The molecular weight excluding hydrogens is 266 g/mol. The van der Waals surface area contributed by atoms with Gasteiger partial charge in [-0.2, -0.15) is 0 Å². The lowest BCUT2D eigenvalue weighted by atomic mass is 10.3. The molecule has 2 aromatic rings. The van der Waals surface area contributed by atoms with Crippen molar-refractivity contribution in [3.63, 3.8) is 0 Å². The van der Waals surface area contributed by atoms with Gasteiger partial charge in [-0.25, -0.2) is 0 Å². The molecule has 0 fully saturated rings. The first kappa shape index (κ1) is 14.9. The Morgan fingerprint density at radius 1 is 0.952 bits per heavy atom. The maximum Gasteiger partial charge on any atom is 0.264 e. The van der Waals surface area contributed by atoms with Crippen LogP contribution in [0.5, 0.6) is 11.5 Å². The number of ether oxygens (including phenoxy) is 2. The van der Waals surface area contributed by atoms with E-state index in [1.165, 1.54) is 0 Å². The van der Waals surface area contributed by atoms with E-state index in [9.17, 15) is 4.79 Å². The maximum absolute atomic E-state index is 12.1. The molecule has 0 atom stereocenters. The highest BCUT2D eigenvalue weighted by atomic mass is 16.5. The van der Waals surface area contributed by atoms with Crippen LogP contribution in [-0.2, 0) is 4.79 Å². The molecule has 0 saturated carbocycles. The summed E-state index contributed by atoms with van der Waals surface area (Å²) >= 11 is 0. The summed E-state index contributed by atoms with van der Waals surface area (Å²) in [7, 11) is 1.73. The van der Waals surface area contributed by atoms with E-state index in [-0.39, 0.29) is 12.5 Å². The van der Waals surface area contributed by atoms with E-state index >= 15 is 0 Å².